The minimum atomic E-state index is -0.0710. The Bertz CT molecular complexity index is 851. The first-order chi connectivity index (χ1) is 12.7. The molecule has 3 rings (SSSR count). The van der Waals surface area contributed by atoms with Gasteiger partial charge in [-0.15, -0.1) is 0 Å². The van der Waals surface area contributed by atoms with Gasteiger partial charge >= 0.3 is 0 Å². The number of aryl methyl sites for hydroxylation is 1. The van der Waals surface area contributed by atoms with E-state index in [9.17, 15) is 4.79 Å². The van der Waals surface area contributed by atoms with Gasteiger partial charge in [0.05, 0.1) is 11.3 Å². The van der Waals surface area contributed by atoms with Gasteiger partial charge in [-0.05, 0) is 25.5 Å². The highest BCUT2D eigenvalue weighted by Gasteiger charge is 2.18. The highest BCUT2D eigenvalue weighted by molar-refractivity contribution is 5.99. The monoisotopic (exact) mass is 347 g/mol. The second-order valence-electron chi connectivity index (χ2n) is 6.50. The number of benzene rings is 2. The summed E-state index contributed by atoms with van der Waals surface area (Å²) in [5.41, 5.74) is 4.39. The molecule has 0 aliphatic carbocycles. The van der Waals surface area contributed by atoms with Gasteiger partial charge in [0, 0.05) is 18.3 Å². The molecule has 1 aromatic heterocycles. The number of aromatic nitrogens is 2. The highest BCUT2D eigenvalue weighted by Crippen LogP contribution is 2.23. The fourth-order valence-corrected chi connectivity index (χ4v) is 2.85. The van der Waals surface area contributed by atoms with Crippen LogP contribution in [0.4, 0.5) is 0 Å². The number of amides is 1. The third-order valence-corrected chi connectivity index (χ3v) is 4.37. The van der Waals surface area contributed by atoms with Gasteiger partial charge in [0.1, 0.15) is 5.69 Å². The van der Waals surface area contributed by atoms with Gasteiger partial charge in [-0.3, -0.25) is 4.79 Å². The maximum atomic E-state index is 12.7. The first-order valence-corrected chi connectivity index (χ1v) is 9.19. The van der Waals surface area contributed by atoms with Crippen LogP contribution in [0.2, 0.25) is 0 Å². The SMILES string of the molecule is CCCCCNC(=O)c1cn(-c2ccc(C)cc2)nc1-c1ccccc1. The zero-order chi connectivity index (χ0) is 18.4. The summed E-state index contributed by atoms with van der Waals surface area (Å²) < 4.78 is 1.78. The zero-order valence-electron chi connectivity index (χ0n) is 15.4. The van der Waals surface area contributed by atoms with E-state index in [0.29, 0.717) is 17.8 Å². The summed E-state index contributed by atoms with van der Waals surface area (Å²) in [6.45, 7) is 4.90. The van der Waals surface area contributed by atoms with E-state index in [0.717, 1.165) is 30.5 Å². The van der Waals surface area contributed by atoms with Crippen molar-refractivity contribution in [3.05, 3.63) is 71.9 Å². The van der Waals surface area contributed by atoms with Crippen molar-refractivity contribution in [2.45, 2.75) is 33.1 Å². The Balaban J connectivity index is 1.93. The first-order valence-electron chi connectivity index (χ1n) is 9.19. The molecule has 1 amide bonds. The van der Waals surface area contributed by atoms with Gasteiger partial charge in [-0.1, -0.05) is 67.8 Å². The molecule has 1 N–H and O–H groups in total. The molecule has 4 nitrogen and oxygen atoms in total. The van der Waals surface area contributed by atoms with Gasteiger partial charge in [0.2, 0.25) is 0 Å². The normalized spacial score (nSPS) is 10.7. The second-order valence-corrected chi connectivity index (χ2v) is 6.50. The minimum absolute atomic E-state index is 0.0710. The smallest absolute Gasteiger partial charge is 0.255 e. The molecule has 1 heterocycles. The number of hydrogen-bond acceptors (Lipinski definition) is 2. The Morgan fingerprint density at radius 3 is 2.46 bits per heavy atom. The first kappa shape index (κ1) is 17.9. The number of nitrogens with zero attached hydrogens (tertiary/aromatic N) is 2. The Labute approximate surface area is 154 Å². The molecule has 0 unspecified atom stereocenters. The fraction of sp³-hybridized carbons (Fsp3) is 0.273. The predicted molar refractivity (Wildman–Crippen MR) is 106 cm³/mol. The van der Waals surface area contributed by atoms with E-state index < -0.39 is 0 Å². The summed E-state index contributed by atoms with van der Waals surface area (Å²) >= 11 is 0. The lowest BCUT2D eigenvalue weighted by Crippen LogP contribution is -2.24. The van der Waals surface area contributed by atoms with E-state index in [1.165, 1.54) is 5.56 Å². The number of carbonyl (C=O) groups is 1. The van der Waals surface area contributed by atoms with Crippen LogP contribution in [0.25, 0.3) is 16.9 Å². The molecular formula is C22H25N3O. The summed E-state index contributed by atoms with van der Waals surface area (Å²) in [5, 5.41) is 7.73. The molecule has 4 heteroatoms. The largest absolute Gasteiger partial charge is 0.352 e. The van der Waals surface area contributed by atoms with Crippen molar-refractivity contribution in [3.8, 4) is 16.9 Å². The van der Waals surface area contributed by atoms with E-state index in [2.05, 4.69) is 19.2 Å². The van der Waals surface area contributed by atoms with E-state index >= 15 is 0 Å². The fourth-order valence-electron chi connectivity index (χ4n) is 2.85. The van der Waals surface area contributed by atoms with E-state index in [1.807, 2.05) is 60.8 Å². The van der Waals surface area contributed by atoms with E-state index in [1.54, 1.807) is 4.68 Å². The van der Waals surface area contributed by atoms with Crippen LogP contribution < -0.4 is 5.32 Å². The van der Waals surface area contributed by atoms with Crippen molar-refractivity contribution < 1.29 is 4.79 Å². The summed E-state index contributed by atoms with van der Waals surface area (Å²) in [4.78, 5) is 12.7. The molecular weight excluding hydrogens is 322 g/mol. The highest BCUT2D eigenvalue weighted by atomic mass is 16.1. The summed E-state index contributed by atoms with van der Waals surface area (Å²) in [6.07, 6.45) is 5.07. The van der Waals surface area contributed by atoms with Crippen LogP contribution in [0, 0.1) is 6.92 Å². The lowest BCUT2D eigenvalue weighted by molar-refractivity contribution is 0.0953. The van der Waals surface area contributed by atoms with Crippen LogP contribution in [0.15, 0.2) is 60.8 Å². The van der Waals surface area contributed by atoms with E-state index in [-0.39, 0.29) is 5.91 Å². The average Bonchev–Trinajstić information content (AvgIpc) is 3.12. The summed E-state index contributed by atoms with van der Waals surface area (Å²) in [6, 6.07) is 18.0. The molecule has 3 aromatic rings. The molecule has 0 saturated heterocycles. The Hall–Kier alpha value is -2.88. The number of hydrogen-bond donors (Lipinski definition) is 1. The molecule has 0 aliphatic rings. The average molecular weight is 347 g/mol. The minimum Gasteiger partial charge on any atom is -0.352 e. The van der Waals surface area contributed by atoms with E-state index in [4.69, 9.17) is 5.10 Å². The predicted octanol–water partition coefficient (Wildman–Crippen LogP) is 4.77. The van der Waals surface area contributed by atoms with Crippen molar-refractivity contribution in [3.63, 3.8) is 0 Å². The summed E-state index contributed by atoms with van der Waals surface area (Å²) in [7, 11) is 0. The molecule has 0 spiro atoms. The van der Waals surface area contributed by atoms with Crippen molar-refractivity contribution in [2.75, 3.05) is 6.54 Å². The number of nitrogens with one attached hydrogen (secondary N) is 1. The van der Waals surface area contributed by atoms with Crippen LogP contribution in [0.5, 0.6) is 0 Å². The number of carbonyl (C=O) groups excluding carboxylic acids is 1. The molecule has 0 fully saturated rings. The third-order valence-electron chi connectivity index (χ3n) is 4.37. The number of unbranched alkanes of at least 4 members (excludes halogenated alkanes) is 2. The maximum Gasteiger partial charge on any atom is 0.255 e. The van der Waals surface area contributed by atoms with Crippen molar-refractivity contribution >= 4 is 5.91 Å². The van der Waals surface area contributed by atoms with Crippen molar-refractivity contribution in [2.24, 2.45) is 0 Å². The zero-order valence-corrected chi connectivity index (χ0v) is 15.4. The quantitative estimate of drug-likeness (QED) is 0.626. The van der Waals surface area contributed by atoms with Crippen LogP contribution in [0.3, 0.4) is 0 Å². The maximum absolute atomic E-state index is 12.7. The molecule has 0 bridgehead atoms. The van der Waals surface area contributed by atoms with Gasteiger partial charge in [-0.2, -0.15) is 5.10 Å². The lowest BCUT2D eigenvalue weighted by atomic mass is 10.1. The molecule has 134 valence electrons. The van der Waals surface area contributed by atoms with Crippen LogP contribution in [-0.4, -0.2) is 22.2 Å². The topological polar surface area (TPSA) is 46.9 Å². The standard InChI is InChI=1S/C22H25N3O/c1-3-4-8-15-23-22(26)20-16-25(19-13-11-17(2)12-14-19)24-21(20)18-9-6-5-7-10-18/h5-7,9-14,16H,3-4,8,15H2,1-2H3,(H,23,26). The van der Waals surface area contributed by atoms with Gasteiger partial charge in [0.15, 0.2) is 0 Å². The number of rotatable bonds is 7. The molecule has 26 heavy (non-hydrogen) atoms. The molecule has 0 radical (unpaired) electrons. The molecule has 0 saturated carbocycles. The van der Waals surface area contributed by atoms with Gasteiger partial charge in [-0.25, -0.2) is 4.68 Å². The van der Waals surface area contributed by atoms with Crippen molar-refractivity contribution in [1.82, 2.24) is 15.1 Å². The Morgan fingerprint density at radius 2 is 1.77 bits per heavy atom. The van der Waals surface area contributed by atoms with Crippen LogP contribution in [0.1, 0.15) is 42.1 Å². The van der Waals surface area contributed by atoms with Gasteiger partial charge < -0.3 is 5.32 Å². The van der Waals surface area contributed by atoms with Gasteiger partial charge in [0.25, 0.3) is 5.91 Å². The van der Waals surface area contributed by atoms with Crippen LogP contribution in [-0.2, 0) is 0 Å². The molecule has 2 aromatic carbocycles. The van der Waals surface area contributed by atoms with Crippen LogP contribution >= 0.6 is 0 Å². The summed E-state index contributed by atoms with van der Waals surface area (Å²) in [5.74, 6) is -0.0710. The van der Waals surface area contributed by atoms with Crippen molar-refractivity contribution in [1.29, 1.82) is 0 Å². The molecule has 0 aliphatic heterocycles. The second kappa shape index (κ2) is 8.48. The Kier molecular flexibility index (Phi) is 5.84. The third kappa shape index (κ3) is 4.20. The Morgan fingerprint density at radius 1 is 1.04 bits per heavy atom. The molecule has 0 atom stereocenters. The lowest BCUT2D eigenvalue weighted by Gasteiger charge is -2.04.